The van der Waals surface area contributed by atoms with Crippen molar-refractivity contribution in [3.8, 4) is 5.75 Å². The summed E-state index contributed by atoms with van der Waals surface area (Å²) in [4.78, 5) is 37.3. The van der Waals surface area contributed by atoms with Crippen molar-refractivity contribution >= 4 is 17.6 Å². The number of ether oxygens (including phenoxy) is 1. The molecule has 1 N–H and O–H groups in total. The van der Waals surface area contributed by atoms with Gasteiger partial charge in [-0.15, -0.1) is 0 Å². The van der Waals surface area contributed by atoms with Crippen molar-refractivity contribution in [3.63, 3.8) is 0 Å². The second-order valence-corrected chi connectivity index (χ2v) is 10.8. The Morgan fingerprint density at radius 3 is 2.47 bits per heavy atom. The van der Waals surface area contributed by atoms with Crippen LogP contribution in [0.2, 0.25) is 0 Å². The van der Waals surface area contributed by atoms with Gasteiger partial charge in [-0.1, -0.05) is 6.07 Å². The molecule has 0 spiro atoms. The number of carbonyl (C=O) groups excluding carboxylic acids is 2. The van der Waals surface area contributed by atoms with E-state index in [2.05, 4.69) is 22.2 Å². The number of pyridine rings is 1. The maximum atomic E-state index is 13.1. The van der Waals surface area contributed by atoms with E-state index in [4.69, 9.17) is 9.72 Å². The van der Waals surface area contributed by atoms with Gasteiger partial charge >= 0.3 is 0 Å². The Labute approximate surface area is 212 Å². The number of likely N-dealkylation sites (N-methyl/N-ethyl adjacent to an activating group) is 1. The van der Waals surface area contributed by atoms with Crippen LogP contribution < -0.4 is 15.0 Å². The average molecular weight is 490 g/mol. The van der Waals surface area contributed by atoms with E-state index in [-0.39, 0.29) is 17.9 Å². The molecule has 4 aliphatic rings. The summed E-state index contributed by atoms with van der Waals surface area (Å²) in [7, 11) is 2.09. The quantitative estimate of drug-likeness (QED) is 0.712. The molecule has 8 nitrogen and oxygen atoms in total. The number of piperidine rings is 1. The topological polar surface area (TPSA) is 78.0 Å². The largest absolute Gasteiger partial charge is 0.493 e. The van der Waals surface area contributed by atoms with Gasteiger partial charge < -0.3 is 24.8 Å². The van der Waals surface area contributed by atoms with Gasteiger partial charge in [0.2, 0.25) is 0 Å². The summed E-state index contributed by atoms with van der Waals surface area (Å²) in [6.45, 7) is 6.02. The number of anilines is 1. The highest BCUT2D eigenvalue weighted by molar-refractivity contribution is 5.97. The predicted molar refractivity (Wildman–Crippen MR) is 138 cm³/mol. The van der Waals surface area contributed by atoms with E-state index in [0.717, 1.165) is 75.4 Å². The molecule has 3 saturated heterocycles. The first-order valence-electron chi connectivity index (χ1n) is 13.3. The molecule has 36 heavy (non-hydrogen) atoms. The molecule has 1 aromatic heterocycles. The van der Waals surface area contributed by atoms with Gasteiger partial charge in [0.1, 0.15) is 11.6 Å². The van der Waals surface area contributed by atoms with Crippen LogP contribution >= 0.6 is 0 Å². The maximum Gasteiger partial charge on any atom is 0.255 e. The lowest BCUT2D eigenvalue weighted by Gasteiger charge is -2.40. The number of amides is 2. The van der Waals surface area contributed by atoms with Crippen molar-refractivity contribution in [2.75, 3.05) is 44.7 Å². The predicted octanol–water partition coefficient (Wildman–Crippen LogP) is 2.64. The van der Waals surface area contributed by atoms with Crippen molar-refractivity contribution in [2.24, 2.45) is 0 Å². The first-order valence-corrected chi connectivity index (χ1v) is 13.3. The second-order valence-electron chi connectivity index (χ2n) is 10.8. The van der Waals surface area contributed by atoms with Gasteiger partial charge in [0.05, 0.1) is 12.2 Å². The standard InChI is InChI=1S/C28H35N5O3/c1-18-24(7-3-19-9-14-36-26(18)19)27(34)30-21-15-22-5-6-23(16-21)33(22)25-8-4-20(17-29-25)28(35)32-12-10-31(2)11-13-32/h3-4,7-8,17,21-23H,5-6,9-16H2,1-2H3,(H,30,34)/t21-,22+,23-. The molecule has 0 unspecified atom stereocenters. The molecule has 4 aliphatic heterocycles. The van der Waals surface area contributed by atoms with Gasteiger partial charge in [-0.3, -0.25) is 9.59 Å². The SMILES string of the molecule is Cc1c(C(=O)N[C@H]2C[C@H]3CC[C@@H](C2)N3c2ccc(C(=O)N3CCN(C)CC3)cn2)ccc2c1OCC2. The van der Waals surface area contributed by atoms with Crippen molar-refractivity contribution in [1.29, 1.82) is 0 Å². The van der Waals surface area contributed by atoms with E-state index in [1.54, 1.807) is 6.20 Å². The van der Waals surface area contributed by atoms with Gasteiger partial charge in [0.15, 0.2) is 0 Å². The Morgan fingerprint density at radius 2 is 1.78 bits per heavy atom. The van der Waals surface area contributed by atoms with E-state index in [1.165, 1.54) is 5.56 Å². The Hall–Kier alpha value is -3.13. The minimum absolute atomic E-state index is 0.00598. The van der Waals surface area contributed by atoms with Crippen LogP contribution in [0, 0.1) is 6.92 Å². The Morgan fingerprint density at radius 1 is 1.03 bits per heavy atom. The fraction of sp³-hybridized carbons (Fsp3) is 0.536. The minimum Gasteiger partial charge on any atom is -0.493 e. The third-order valence-corrected chi connectivity index (χ3v) is 8.47. The molecule has 6 rings (SSSR count). The average Bonchev–Trinajstić information content (AvgIpc) is 3.47. The molecule has 5 heterocycles. The van der Waals surface area contributed by atoms with Crippen LogP contribution in [0.1, 0.15) is 57.5 Å². The van der Waals surface area contributed by atoms with Crippen LogP contribution in [0.5, 0.6) is 5.75 Å². The molecule has 1 aromatic carbocycles. The zero-order valence-electron chi connectivity index (χ0n) is 21.2. The highest BCUT2D eigenvalue weighted by Gasteiger charge is 2.42. The number of carbonyl (C=O) groups is 2. The Bertz CT molecular complexity index is 1140. The number of hydrogen-bond acceptors (Lipinski definition) is 6. The van der Waals surface area contributed by atoms with Crippen molar-refractivity contribution in [1.82, 2.24) is 20.1 Å². The normalized spacial score (nSPS) is 25.4. The molecule has 8 heteroatoms. The first-order chi connectivity index (χ1) is 17.5. The number of benzene rings is 1. The zero-order valence-corrected chi connectivity index (χ0v) is 21.2. The smallest absolute Gasteiger partial charge is 0.255 e. The molecule has 2 aromatic rings. The molecule has 2 bridgehead atoms. The van der Waals surface area contributed by atoms with Gasteiger partial charge in [-0.25, -0.2) is 4.98 Å². The first kappa shape index (κ1) is 23.3. The summed E-state index contributed by atoms with van der Waals surface area (Å²) in [5.41, 5.74) is 3.51. The molecule has 0 radical (unpaired) electrons. The molecule has 0 saturated carbocycles. The monoisotopic (exact) mass is 489 g/mol. The fourth-order valence-electron chi connectivity index (χ4n) is 6.44. The van der Waals surface area contributed by atoms with E-state index < -0.39 is 0 Å². The number of rotatable bonds is 4. The number of fused-ring (bicyclic) bond motifs is 3. The summed E-state index contributed by atoms with van der Waals surface area (Å²) in [5.74, 6) is 1.89. The number of nitrogens with one attached hydrogen (secondary N) is 1. The highest BCUT2D eigenvalue weighted by atomic mass is 16.5. The molecular weight excluding hydrogens is 454 g/mol. The van der Waals surface area contributed by atoms with E-state index >= 15 is 0 Å². The number of hydrogen-bond donors (Lipinski definition) is 1. The molecular formula is C28H35N5O3. The third-order valence-electron chi connectivity index (χ3n) is 8.47. The van der Waals surface area contributed by atoms with E-state index in [9.17, 15) is 9.59 Å². The van der Waals surface area contributed by atoms with Crippen LogP contribution in [0.3, 0.4) is 0 Å². The van der Waals surface area contributed by atoms with Crippen LogP contribution in [0.4, 0.5) is 5.82 Å². The minimum atomic E-state index is -0.00598. The van der Waals surface area contributed by atoms with Crippen LogP contribution in [0.15, 0.2) is 30.5 Å². The lowest BCUT2D eigenvalue weighted by atomic mass is 9.96. The van der Waals surface area contributed by atoms with Crippen LogP contribution in [-0.4, -0.2) is 84.6 Å². The number of nitrogens with zero attached hydrogens (tertiary/aromatic N) is 4. The molecule has 190 valence electrons. The maximum absolute atomic E-state index is 13.1. The Balaban J connectivity index is 1.10. The van der Waals surface area contributed by atoms with Crippen molar-refractivity contribution < 1.29 is 14.3 Å². The van der Waals surface area contributed by atoms with Crippen LogP contribution in [-0.2, 0) is 6.42 Å². The highest BCUT2D eigenvalue weighted by Crippen LogP contribution is 2.39. The summed E-state index contributed by atoms with van der Waals surface area (Å²) in [5, 5.41) is 3.31. The number of piperazine rings is 1. The Kier molecular flexibility index (Phi) is 6.07. The zero-order chi connectivity index (χ0) is 24.8. The van der Waals surface area contributed by atoms with Gasteiger partial charge in [0, 0.05) is 68.0 Å². The number of aromatic nitrogens is 1. The molecule has 2 amide bonds. The van der Waals surface area contributed by atoms with E-state index in [0.29, 0.717) is 29.8 Å². The van der Waals surface area contributed by atoms with E-state index in [1.807, 2.05) is 36.1 Å². The van der Waals surface area contributed by atoms with Gasteiger partial charge in [-0.2, -0.15) is 0 Å². The summed E-state index contributed by atoms with van der Waals surface area (Å²) >= 11 is 0. The van der Waals surface area contributed by atoms with Crippen molar-refractivity contribution in [2.45, 2.75) is 57.2 Å². The second kappa shape index (κ2) is 9.39. The molecule has 0 aliphatic carbocycles. The summed E-state index contributed by atoms with van der Waals surface area (Å²) in [6, 6.07) is 8.75. The summed E-state index contributed by atoms with van der Waals surface area (Å²) < 4.78 is 5.76. The van der Waals surface area contributed by atoms with Crippen LogP contribution in [0.25, 0.3) is 0 Å². The lowest BCUT2D eigenvalue weighted by Crippen LogP contribution is -2.51. The third kappa shape index (κ3) is 4.21. The molecule has 3 atom stereocenters. The van der Waals surface area contributed by atoms with Crippen molar-refractivity contribution in [3.05, 3.63) is 52.7 Å². The molecule has 3 fully saturated rings. The summed E-state index contributed by atoms with van der Waals surface area (Å²) in [6.07, 6.45) is 6.68. The van der Waals surface area contributed by atoms with Gasteiger partial charge in [0.25, 0.3) is 11.8 Å². The lowest BCUT2D eigenvalue weighted by molar-refractivity contribution is 0.0663. The fourth-order valence-corrected chi connectivity index (χ4v) is 6.44. The van der Waals surface area contributed by atoms with Gasteiger partial charge in [-0.05, 0) is 63.4 Å².